The van der Waals surface area contributed by atoms with Gasteiger partial charge in [-0.25, -0.2) is 23.2 Å². The maximum atomic E-state index is 14.7. The monoisotopic (exact) mass is 454 g/mol. The quantitative estimate of drug-likeness (QED) is 0.659. The number of hydrogen-bond acceptors (Lipinski definition) is 6. The van der Waals surface area contributed by atoms with Crippen LogP contribution in [0.4, 0.5) is 13.6 Å². The van der Waals surface area contributed by atoms with E-state index in [1.807, 2.05) is 0 Å². The van der Waals surface area contributed by atoms with E-state index in [4.69, 9.17) is 9.47 Å². The number of nitrogens with zero attached hydrogens (tertiary/aromatic N) is 4. The van der Waals surface area contributed by atoms with Gasteiger partial charge in [-0.1, -0.05) is 0 Å². The Morgan fingerprint density at radius 1 is 1.03 bits per heavy atom. The number of hydrogen-bond donors (Lipinski definition) is 0. The number of carbonyl (C=O) groups is 2. The van der Waals surface area contributed by atoms with E-state index in [9.17, 15) is 23.2 Å². The van der Waals surface area contributed by atoms with Gasteiger partial charge in [-0.05, 0) is 47.6 Å². The first-order chi connectivity index (χ1) is 14.5. The third kappa shape index (κ3) is 5.92. The van der Waals surface area contributed by atoms with Gasteiger partial charge in [0.1, 0.15) is 28.5 Å². The predicted octanol–water partition coefficient (Wildman–Crippen LogP) is 3.17. The molecule has 0 bridgehead atoms. The second-order valence-corrected chi connectivity index (χ2v) is 9.29. The molecule has 2 rings (SSSR count). The Morgan fingerprint density at radius 2 is 1.59 bits per heavy atom. The molecule has 0 N–H and O–H groups in total. The molecule has 0 saturated carbocycles. The topological polar surface area (TPSA) is 95.7 Å². The van der Waals surface area contributed by atoms with Crippen molar-refractivity contribution in [3.63, 3.8) is 0 Å². The molecule has 0 unspecified atom stereocenters. The zero-order chi connectivity index (χ0) is 24.6. The van der Waals surface area contributed by atoms with Crippen LogP contribution in [0.25, 0.3) is 5.69 Å². The maximum absolute atomic E-state index is 14.7. The number of amides is 1. The molecule has 32 heavy (non-hydrogen) atoms. The number of rotatable bonds is 4. The van der Waals surface area contributed by atoms with Crippen LogP contribution in [0.1, 0.15) is 57.7 Å². The Labute approximate surface area is 184 Å². The summed E-state index contributed by atoms with van der Waals surface area (Å²) in [6.45, 7) is 9.79. The van der Waals surface area contributed by atoms with Gasteiger partial charge in [0, 0.05) is 20.2 Å². The third-order valence-electron chi connectivity index (χ3n) is 4.04. The molecular weight excluding hydrogens is 426 g/mol. The van der Waals surface area contributed by atoms with Gasteiger partial charge in [0.15, 0.2) is 5.82 Å². The van der Waals surface area contributed by atoms with Crippen LogP contribution in [0.15, 0.2) is 16.9 Å². The summed E-state index contributed by atoms with van der Waals surface area (Å²) >= 11 is 0. The van der Waals surface area contributed by atoms with Crippen LogP contribution >= 0.6 is 0 Å². The van der Waals surface area contributed by atoms with Crippen molar-refractivity contribution in [2.24, 2.45) is 7.05 Å². The largest absolute Gasteiger partial charge is 0.456 e. The minimum atomic E-state index is -1.07. The van der Waals surface area contributed by atoms with E-state index in [1.54, 1.807) is 41.5 Å². The molecule has 2 aromatic rings. The van der Waals surface area contributed by atoms with Gasteiger partial charge in [0.05, 0.1) is 12.1 Å². The van der Waals surface area contributed by atoms with Crippen molar-refractivity contribution in [3.05, 3.63) is 45.6 Å². The molecular formula is C21H28F2N4O5. The molecule has 0 fully saturated rings. The number of halogens is 2. The Bertz CT molecular complexity index is 1090. The molecule has 0 spiro atoms. The van der Waals surface area contributed by atoms with E-state index in [0.717, 1.165) is 4.57 Å². The van der Waals surface area contributed by atoms with Crippen LogP contribution in [-0.4, -0.2) is 49.6 Å². The molecule has 1 heterocycles. The first-order valence-corrected chi connectivity index (χ1v) is 9.82. The average Bonchev–Trinajstić information content (AvgIpc) is 2.88. The van der Waals surface area contributed by atoms with E-state index in [-0.39, 0.29) is 12.4 Å². The predicted molar refractivity (Wildman–Crippen MR) is 112 cm³/mol. The van der Waals surface area contributed by atoms with Gasteiger partial charge in [-0.3, -0.25) is 4.57 Å². The standard InChI is InChI=1S/C21H28F2N4O5/c1-20(2,3)31-17(28)12-9-14(23)15(10-13(12)22)27-18(29)26(8)16(24-27)11-25(7)19(30)32-21(4,5)6/h9-10H,11H2,1-8H3. The van der Waals surface area contributed by atoms with Gasteiger partial charge in [-0.2, -0.15) is 4.68 Å². The van der Waals surface area contributed by atoms with Crippen LogP contribution in [0, 0.1) is 11.6 Å². The van der Waals surface area contributed by atoms with Crippen molar-refractivity contribution in [1.82, 2.24) is 19.2 Å². The second-order valence-electron chi connectivity index (χ2n) is 9.29. The summed E-state index contributed by atoms with van der Waals surface area (Å²) in [4.78, 5) is 38.1. The molecule has 0 aliphatic rings. The van der Waals surface area contributed by atoms with Crippen molar-refractivity contribution >= 4 is 12.1 Å². The Morgan fingerprint density at radius 3 is 2.12 bits per heavy atom. The average molecular weight is 454 g/mol. The molecule has 0 saturated heterocycles. The van der Waals surface area contributed by atoms with Gasteiger partial charge in [0.25, 0.3) is 0 Å². The van der Waals surface area contributed by atoms with E-state index in [2.05, 4.69) is 5.10 Å². The van der Waals surface area contributed by atoms with Crippen LogP contribution in [-0.2, 0) is 23.1 Å². The van der Waals surface area contributed by atoms with Gasteiger partial charge < -0.3 is 14.4 Å². The van der Waals surface area contributed by atoms with Gasteiger partial charge >= 0.3 is 17.8 Å². The fraction of sp³-hybridized carbons (Fsp3) is 0.524. The fourth-order valence-electron chi connectivity index (χ4n) is 2.58. The zero-order valence-corrected chi connectivity index (χ0v) is 19.4. The summed E-state index contributed by atoms with van der Waals surface area (Å²) in [6, 6.07) is 1.36. The molecule has 0 aliphatic carbocycles. The lowest BCUT2D eigenvalue weighted by molar-refractivity contribution is 0.00636. The summed E-state index contributed by atoms with van der Waals surface area (Å²) in [5, 5.41) is 4.03. The van der Waals surface area contributed by atoms with E-state index in [0.29, 0.717) is 16.8 Å². The number of carbonyl (C=O) groups excluding carboxylic acids is 2. The van der Waals surface area contributed by atoms with Crippen LogP contribution < -0.4 is 5.69 Å². The lowest BCUT2D eigenvalue weighted by Gasteiger charge is -2.24. The smallest absolute Gasteiger partial charge is 0.410 e. The van der Waals surface area contributed by atoms with Crippen molar-refractivity contribution < 1.29 is 27.8 Å². The Balaban J connectivity index is 2.37. The number of aromatic nitrogens is 3. The number of ether oxygens (including phenoxy) is 2. The van der Waals surface area contributed by atoms with Crippen molar-refractivity contribution in [3.8, 4) is 5.69 Å². The third-order valence-corrected chi connectivity index (χ3v) is 4.04. The van der Waals surface area contributed by atoms with Gasteiger partial charge in [0.2, 0.25) is 0 Å². The van der Waals surface area contributed by atoms with Gasteiger partial charge in [-0.15, -0.1) is 5.10 Å². The van der Waals surface area contributed by atoms with Crippen LogP contribution in [0.3, 0.4) is 0 Å². The maximum Gasteiger partial charge on any atom is 0.410 e. The van der Waals surface area contributed by atoms with Crippen molar-refractivity contribution in [1.29, 1.82) is 0 Å². The highest BCUT2D eigenvalue weighted by atomic mass is 19.1. The Kier molecular flexibility index (Phi) is 6.82. The fourth-order valence-corrected chi connectivity index (χ4v) is 2.58. The minimum Gasteiger partial charge on any atom is -0.456 e. The van der Waals surface area contributed by atoms with Crippen molar-refractivity contribution in [2.45, 2.75) is 59.3 Å². The van der Waals surface area contributed by atoms with Crippen molar-refractivity contribution in [2.75, 3.05) is 7.05 Å². The molecule has 0 atom stereocenters. The summed E-state index contributed by atoms with van der Waals surface area (Å²) in [5.41, 5.74) is -3.46. The highest BCUT2D eigenvalue weighted by molar-refractivity contribution is 5.90. The van der Waals surface area contributed by atoms with Crippen LogP contribution in [0.2, 0.25) is 0 Å². The lowest BCUT2D eigenvalue weighted by Crippen LogP contribution is -2.34. The molecule has 1 aromatic heterocycles. The summed E-state index contributed by atoms with van der Waals surface area (Å²) in [7, 11) is 2.83. The zero-order valence-electron chi connectivity index (χ0n) is 19.4. The summed E-state index contributed by atoms with van der Waals surface area (Å²) in [6.07, 6.45) is -0.640. The second kappa shape index (κ2) is 8.71. The number of benzene rings is 1. The first-order valence-electron chi connectivity index (χ1n) is 9.82. The minimum absolute atomic E-state index is 0.111. The van der Waals surface area contributed by atoms with E-state index < -0.39 is 51.8 Å². The summed E-state index contributed by atoms with van der Waals surface area (Å²) < 4.78 is 41.4. The Hall–Kier alpha value is -3.24. The highest BCUT2D eigenvalue weighted by Crippen LogP contribution is 2.21. The first kappa shape index (κ1) is 25.0. The normalized spacial score (nSPS) is 11.9. The molecule has 0 aliphatic heterocycles. The molecule has 11 heteroatoms. The van der Waals surface area contributed by atoms with Crippen LogP contribution in [0.5, 0.6) is 0 Å². The summed E-state index contributed by atoms with van der Waals surface area (Å²) in [5.74, 6) is -3.03. The van der Waals surface area contributed by atoms with E-state index >= 15 is 0 Å². The lowest BCUT2D eigenvalue weighted by atomic mass is 10.1. The molecule has 1 amide bonds. The molecule has 1 aromatic carbocycles. The SMILES string of the molecule is CN(Cc1nn(-c2cc(F)c(C(=O)OC(C)(C)C)cc2F)c(=O)n1C)C(=O)OC(C)(C)C. The highest BCUT2D eigenvalue weighted by Gasteiger charge is 2.26. The molecule has 176 valence electrons. The molecule has 0 radical (unpaired) electrons. The number of esters is 1. The van der Waals surface area contributed by atoms with E-state index in [1.165, 1.54) is 19.0 Å². The molecule has 9 nitrogen and oxygen atoms in total.